The van der Waals surface area contributed by atoms with Crippen LogP contribution in [0.25, 0.3) is 11.1 Å². The van der Waals surface area contributed by atoms with Crippen molar-refractivity contribution in [1.82, 2.24) is 20.2 Å². The fraction of sp³-hybridized carbons (Fsp3) is 0.389. The first-order valence-corrected chi connectivity index (χ1v) is 8.15. The van der Waals surface area contributed by atoms with Crippen molar-refractivity contribution in [2.75, 3.05) is 19.6 Å². The average Bonchev–Trinajstić information content (AvgIpc) is 3.08. The molecule has 120 valence electrons. The highest BCUT2D eigenvalue weighted by atomic mass is 16.1. The van der Waals surface area contributed by atoms with Crippen LogP contribution >= 0.6 is 0 Å². The van der Waals surface area contributed by atoms with Gasteiger partial charge < -0.3 is 5.32 Å². The Bertz CT molecular complexity index is 659. The van der Waals surface area contributed by atoms with E-state index in [1.807, 2.05) is 24.3 Å². The summed E-state index contributed by atoms with van der Waals surface area (Å²) in [6.45, 7) is 5.07. The van der Waals surface area contributed by atoms with E-state index in [-0.39, 0.29) is 5.91 Å². The molecule has 1 saturated heterocycles. The summed E-state index contributed by atoms with van der Waals surface area (Å²) in [4.78, 5) is 22.9. The van der Waals surface area contributed by atoms with Crippen molar-refractivity contribution < 1.29 is 4.79 Å². The topological polar surface area (TPSA) is 58.1 Å². The number of likely N-dealkylation sites (N-methyl/N-ethyl adjacent to an activating group) is 1. The smallest absolute Gasteiger partial charge is 0.251 e. The number of rotatable bonds is 5. The second kappa shape index (κ2) is 7.33. The number of carbonyl (C=O) groups is 1. The summed E-state index contributed by atoms with van der Waals surface area (Å²) in [5.41, 5.74) is 2.54. The summed E-state index contributed by atoms with van der Waals surface area (Å²) in [5.74, 6) is -0.0216. The second-order valence-electron chi connectivity index (χ2n) is 5.84. The average molecular weight is 310 g/mol. The first-order valence-electron chi connectivity index (χ1n) is 8.15. The second-order valence-corrected chi connectivity index (χ2v) is 5.84. The number of hydrogen-bond donors (Lipinski definition) is 1. The van der Waals surface area contributed by atoms with Crippen molar-refractivity contribution in [3.63, 3.8) is 0 Å². The summed E-state index contributed by atoms with van der Waals surface area (Å²) < 4.78 is 0. The lowest BCUT2D eigenvalue weighted by Crippen LogP contribution is -2.40. The van der Waals surface area contributed by atoms with Crippen LogP contribution in [0.1, 0.15) is 30.1 Å². The Labute approximate surface area is 136 Å². The van der Waals surface area contributed by atoms with Crippen molar-refractivity contribution in [3.05, 3.63) is 48.5 Å². The summed E-state index contributed by atoms with van der Waals surface area (Å²) in [6, 6.07) is 8.06. The fourth-order valence-corrected chi connectivity index (χ4v) is 3.14. The Morgan fingerprint density at radius 3 is 2.91 bits per heavy atom. The molecule has 1 fully saturated rings. The summed E-state index contributed by atoms with van der Waals surface area (Å²) in [7, 11) is 0. The van der Waals surface area contributed by atoms with E-state index in [1.54, 1.807) is 12.4 Å². The molecular weight excluding hydrogens is 288 g/mol. The van der Waals surface area contributed by atoms with Crippen LogP contribution in [0.5, 0.6) is 0 Å². The third-order valence-corrected chi connectivity index (χ3v) is 4.42. The molecule has 2 heterocycles. The number of benzene rings is 1. The van der Waals surface area contributed by atoms with E-state index in [1.165, 1.54) is 12.7 Å². The maximum Gasteiger partial charge on any atom is 0.251 e. The Balaban J connectivity index is 1.66. The highest BCUT2D eigenvalue weighted by molar-refractivity contribution is 5.95. The van der Waals surface area contributed by atoms with E-state index in [0.717, 1.165) is 30.6 Å². The van der Waals surface area contributed by atoms with Gasteiger partial charge in [0, 0.05) is 36.1 Å². The molecule has 0 spiro atoms. The van der Waals surface area contributed by atoms with E-state index in [2.05, 4.69) is 27.1 Å². The highest BCUT2D eigenvalue weighted by Gasteiger charge is 2.23. The van der Waals surface area contributed by atoms with Gasteiger partial charge >= 0.3 is 0 Å². The van der Waals surface area contributed by atoms with Crippen LogP contribution in [0.4, 0.5) is 0 Å². The van der Waals surface area contributed by atoms with Gasteiger partial charge in [0.25, 0.3) is 5.91 Å². The van der Waals surface area contributed by atoms with Crippen molar-refractivity contribution in [1.29, 1.82) is 0 Å². The Morgan fingerprint density at radius 1 is 1.30 bits per heavy atom. The van der Waals surface area contributed by atoms with Gasteiger partial charge in [-0.2, -0.15) is 0 Å². The SMILES string of the molecule is CCN1CCC[C@@H]1CNC(=O)c1cccc(-c2cncnc2)c1. The number of nitrogens with zero attached hydrogens (tertiary/aromatic N) is 3. The van der Waals surface area contributed by atoms with Crippen LogP contribution < -0.4 is 5.32 Å². The monoisotopic (exact) mass is 310 g/mol. The Kier molecular flexibility index (Phi) is 4.98. The lowest BCUT2D eigenvalue weighted by atomic mass is 10.1. The zero-order valence-corrected chi connectivity index (χ0v) is 13.4. The largest absolute Gasteiger partial charge is 0.350 e. The minimum Gasteiger partial charge on any atom is -0.350 e. The van der Waals surface area contributed by atoms with Crippen LogP contribution in [0, 0.1) is 0 Å². The van der Waals surface area contributed by atoms with Gasteiger partial charge in [0.05, 0.1) is 0 Å². The van der Waals surface area contributed by atoms with E-state index in [0.29, 0.717) is 18.2 Å². The molecule has 5 heteroatoms. The minimum atomic E-state index is -0.0216. The molecule has 1 aliphatic heterocycles. The predicted octanol–water partition coefficient (Wildman–Crippen LogP) is 2.36. The first-order chi connectivity index (χ1) is 11.3. The van der Waals surface area contributed by atoms with E-state index >= 15 is 0 Å². The van der Waals surface area contributed by atoms with Crippen LogP contribution in [-0.4, -0.2) is 46.5 Å². The van der Waals surface area contributed by atoms with E-state index in [4.69, 9.17) is 0 Å². The maximum absolute atomic E-state index is 12.4. The Hall–Kier alpha value is -2.27. The van der Waals surface area contributed by atoms with Crippen LogP contribution in [0.2, 0.25) is 0 Å². The lowest BCUT2D eigenvalue weighted by Gasteiger charge is -2.22. The minimum absolute atomic E-state index is 0.0216. The number of likely N-dealkylation sites (tertiary alicyclic amines) is 1. The molecule has 1 aliphatic rings. The van der Waals surface area contributed by atoms with E-state index < -0.39 is 0 Å². The fourth-order valence-electron chi connectivity index (χ4n) is 3.14. The molecule has 3 rings (SSSR count). The molecule has 5 nitrogen and oxygen atoms in total. The summed E-state index contributed by atoms with van der Waals surface area (Å²) in [6.07, 6.45) is 7.39. The van der Waals surface area contributed by atoms with Crippen molar-refractivity contribution >= 4 is 5.91 Å². The van der Waals surface area contributed by atoms with Gasteiger partial charge in [-0.05, 0) is 43.6 Å². The number of aromatic nitrogens is 2. The predicted molar refractivity (Wildman–Crippen MR) is 90.1 cm³/mol. The van der Waals surface area contributed by atoms with Gasteiger partial charge in [0.15, 0.2) is 0 Å². The molecule has 0 radical (unpaired) electrons. The van der Waals surface area contributed by atoms with Gasteiger partial charge in [-0.25, -0.2) is 9.97 Å². The molecule has 0 bridgehead atoms. The van der Waals surface area contributed by atoms with Crippen molar-refractivity contribution in [3.8, 4) is 11.1 Å². The molecule has 1 aromatic heterocycles. The number of nitrogens with one attached hydrogen (secondary N) is 1. The molecular formula is C18H22N4O. The molecule has 1 aromatic carbocycles. The molecule has 1 N–H and O–H groups in total. The van der Waals surface area contributed by atoms with Gasteiger partial charge in [0.1, 0.15) is 6.33 Å². The molecule has 1 amide bonds. The Morgan fingerprint density at radius 2 is 2.13 bits per heavy atom. The third-order valence-electron chi connectivity index (χ3n) is 4.42. The highest BCUT2D eigenvalue weighted by Crippen LogP contribution is 2.19. The number of carbonyl (C=O) groups excluding carboxylic acids is 1. The molecule has 0 aliphatic carbocycles. The van der Waals surface area contributed by atoms with Crippen LogP contribution in [0.15, 0.2) is 43.0 Å². The van der Waals surface area contributed by atoms with Gasteiger partial charge in [-0.3, -0.25) is 9.69 Å². The molecule has 0 saturated carbocycles. The zero-order chi connectivity index (χ0) is 16.1. The zero-order valence-electron chi connectivity index (χ0n) is 13.4. The van der Waals surface area contributed by atoms with Gasteiger partial charge in [0.2, 0.25) is 0 Å². The van der Waals surface area contributed by atoms with Gasteiger partial charge in [-0.15, -0.1) is 0 Å². The standard InChI is InChI=1S/C18H22N4O/c1-2-22-8-4-7-17(22)12-21-18(23)15-6-3-5-14(9-15)16-10-19-13-20-11-16/h3,5-6,9-11,13,17H,2,4,7-8,12H2,1H3,(H,21,23)/t17-/m1/s1. The normalized spacial score (nSPS) is 18.0. The van der Waals surface area contributed by atoms with Crippen molar-refractivity contribution in [2.45, 2.75) is 25.8 Å². The summed E-state index contributed by atoms with van der Waals surface area (Å²) in [5, 5.41) is 3.07. The number of amides is 1. The molecule has 2 aromatic rings. The van der Waals surface area contributed by atoms with Gasteiger partial charge in [-0.1, -0.05) is 19.1 Å². The number of hydrogen-bond acceptors (Lipinski definition) is 4. The van der Waals surface area contributed by atoms with Crippen LogP contribution in [-0.2, 0) is 0 Å². The van der Waals surface area contributed by atoms with Crippen molar-refractivity contribution in [2.24, 2.45) is 0 Å². The third kappa shape index (κ3) is 3.74. The molecule has 0 unspecified atom stereocenters. The molecule has 1 atom stereocenters. The summed E-state index contributed by atoms with van der Waals surface area (Å²) >= 11 is 0. The maximum atomic E-state index is 12.4. The van der Waals surface area contributed by atoms with Crippen LogP contribution in [0.3, 0.4) is 0 Å². The lowest BCUT2D eigenvalue weighted by molar-refractivity contribution is 0.0941. The first kappa shape index (κ1) is 15.6. The quantitative estimate of drug-likeness (QED) is 0.921. The molecule has 23 heavy (non-hydrogen) atoms. The van der Waals surface area contributed by atoms with E-state index in [9.17, 15) is 4.79 Å².